The maximum Gasteiger partial charge on any atom is 0.387 e. The second-order valence-corrected chi connectivity index (χ2v) is 6.58. The molecule has 0 spiro atoms. The van der Waals surface area contributed by atoms with E-state index in [1.807, 2.05) is 0 Å². The van der Waals surface area contributed by atoms with E-state index in [-0.39, 0.29) is 11.7 Å². The van der Waals surface area contributed by atoms with E-state index < -0.39 is 6.61 Å². The number of carbonyl (C=O) groups is 1. The van der Waals surface area contributed by atoms with Gasteiger partial charge in [0.2, 0.25) is 0 Å². The molecule has 0 aliphatic heterocycles. The summed E-state index contributed by atoms with van der Waals surface area (Å²) in [5.41, 5.74) is 1.83. The summed E-state index contributed by atoms with van der Waals surface area (Å²) in [6.45, 7) is -2.97. The zero-order valence-corrected chi connectivity index (χ0v) is 16.2. The molecule has 0 aliphatic carbocycles. The fourth-order valence-corrected chi connectivity index (χ4v) is 2.91. The molecule has 0 saturated heterocycles. The van der Waals surface area contributed by atoms with Gasteiger partial charge in [-0.25, -0.2) is 0 Å². The van der Waals surface area contributed by atoms with Crippen LogP contribution in [0.5, 0.6) is 11.5 Å². The molecule has 0 radical (unpaired) electrons. The molecule has 144 valence electrons. The van der Waals surface area contributed by atoms with E-state index in [9.17, 15) is 13.6 Å². The first-order valence-corrected chi connectivity index (χ1v) is 8.91. The third-order valence-corrected chi connectivity index (χ3v) is 4.26. The number of pyridine rings is 1. The smallest absolute Gasteiger partial charge is 0.387 e. The van der Waals surface area contributed by atoms with Crippen molar-refractivity contribution < 1.29 is 23.0 Å². The van der Waals surface area contributed by atoms with E-state index in [0.717, 1.165) is 0 Å². The van der Waals surface area contributed by atoms with Crippen LogP contribution in [0.15, 0.2) is 65.4 Å². The first kappa shape index (κ1) is 19.8. The van der Waals surface area contributed by atoms with Crippen molar-refractivity contribution >= 4 is 27.5 Å². The van der Waals surface area contributed by atoms with E-state index in [4.69, 9.17) is 4.74 Å². The molecule has 0 atom stereocenters. The monoisotopic (exact) mass is 448 g/mol. The second-order valence-electron chi connectivity index (χ2n) is 5.66. The van der Waals surface area contributed by atoms with Crippen LogP contribution < -0.4 is 14.8 Å². The number of benzene rings is 2. The molecular weight excluding hydrogens is 434 g/mol. The lowest BCUT2D eigenvalue weighted by atomic mass is 10.0. The molecule has 0 unspecified atom stereocenters. The Morgan fingerprint density at radius 3 is 2.50 bits per heavy atom. The highest BCUT2D eigenvalue weighted by molar-refractivity contribution is 9.10. The standard InChI is InChI=1S/C20H15BrF2N2O3/c1-27-16-5-2-12(3-6-16)17-9-15(4-7-18(17)28-20(22)23)25-19(26)13-8-14(21)11-24-10-13/h2-11,20H,1H3,(H,25,26). The summed E-state index contributed by atoms with van der Waals surface area (Å²) in [7, 11) is 1.54. The molecule has 0 fully saturated rings. The Bertz CT molecular complexity index is 981. The van der Waals surface area contributed by atoms with E-state index in [1.54, 1.807) is 42.6 Å². The van der Waals surface area contributed by atoms with Crippen LogP contribution in [0.3, 0.4) is 0 Å². The molecule has 0 aliphatic rings. The number of carbonyl (C=O) groups excluding carboxylic acids is 1. The third-order valence-electron chi connectivity index (χ3n) is 3.82. The number of rotatable bonds is 6. The van der Waals surface area contributed by atoms with Crippen LogP contribution in [-0.4, -0.2) is 24.6 Å². The first-order valence-electron chi connectivity index (χ1n) is 8.11. The summed E-state index contributed by atoms with van der Waals surface area (Å²) in [6.07, 6.45) is 2.99. The van der Waals surface area contributed by atoms with Crippen molar-refractivity contribution in [1.82, 2.24) is 4.98 Å². The highest BCUT2D eigenvalue weighted by Crippen LogP contribution is 2.34. The number of nitrogens with zero attached hydrogens (tertiary/aromatic N) is 1. The molecule has 5 nitrogen and oxygen atoms in total. The average Bonchev–Trinajstić information content (AvgIpc) is 2.69. The Kier molecular flexibility index (Phi) is 6.20. The SMILES string of the molecule is COc1ccc(-c2cc(NC(=O)c3cncc(Br)c3)ccc2OC(F)F)cc1. The maximum atomic E-state index is 12.8. The van der Waals surface area contributed by atoms with E-state index >= 15 is 0 Å². The van der Waals surface area contributed by atoms with Crippen LogP contribution >= 0.6 is 15.9 Å². The molecule has 1 amide bonds. The molecule has 0 bridgehead atoms. The molecule has 3 rings (SSSR count). The fourth-order valence-electron chi connectivity index (χ4n) is 2.54. The summed E-state index contributed by atoms with van der Waals surface area (Å²) in [5, 5.41) is 2.73. The van der Waals surface area contributed by atoms with Crippen molar-refractivity contribution in [2.24, 2.45) is 0 Å². The van der Waals surface area contributed by atoms with Gasteiger partial charge >= 0.3 is 6.61 Å². The molecular formula is C20H15BrF2N2O3. The third kappa shape index (κ3) is 4.83. The summed E-state index contributed by atoms with van der Waals surface area (Å²) in [6, 6.07) is 12.9. The maximum absolute atomic E-state index is 12.8. The van der Waals surface area contributed by atoms with Crippen molar-refractivity contribution in [3.05, 3.63) is 71.0 Å². The minimum absolute atomic E-state index is 0.00212. The zero-order chi connectivity index (χ0) is 20.1. The number of ether oxygens (including phenoxy) is 2. The topological polar surface area (TPSA) is 60.5 Å². The van der Waals surface area contributed by atoms with Crippen LogP contribution in [0.1, 0.15) is 10.4 Å². The number of aromatic nitrogens is 1. The number of methoxy groups -OCH3 is 1. The van der Waals surface area contributed by atoms with Gasteiger partial charge < -0.3 is 14.8 Å². The van der Waals surface area contributed by atoms with Crippen LogP contribution in [0, 0.1) is 0 Å². The average molecular weight is 449 g/mol. The van der Waals surface area contributed by atoms with Crippen LogP contribution in [-0.2, 0) is 0 Å². The van der Waals surface area contributed by atoms with Crippen molar-refractivity contribution in [3.8, 4) is 22.6 Å². The highest BCUT2D eigenvalue weighted by Gasteiger charge is 2.14. The number of nitrogens with one attached hydrogen (secondary N) is 1. The molecule has 0 saturated carbocycles. The van der Waals surface area contributed by atoms with Gasteiger partial charge in [-0.05, 0) is 57.9 Å². The molecule has 1 heterocycles. The minimum atomic E-state index is -2.97. The van der Waals surface area contributed by atoms with Crippen LogP contribution in [0.4, 0.5) is 14.5 Å². The van der Waals surface area contributed by atoms with Crippen LogP contribution in [0.2, 0.25) is 0 Å². The Labute approximate surface area is 168 Å². The Morgan fingerprint density at radius 1 is 1.11 bits per heavy atom. The second kappa shape index (κ2) is 8.79. The lowest BCUT2D eigenvalue weighted by Crippen LogP contribution is -2.12. The number of alkyl halides is 2. The van der Waals surface area contributed by atoms with Gasteiger partial charge in [-0.3, -0.25) is 9.78 Å². The van der Waals surface area contributed by atoms with Gasteiger partial charge in [0.25, 0.3) is 5.91 Å². The summed E-state index contributed by atoms with van der Waals surface area (Å²) >= 11 is 3.26. The molecule has 8 heteroatoms. The van der Waals surface area contributed by atoms with Gasteiger partial charge in [0.05, 0.1) is 12.7 Å². The van der Waals surface area contributed by atoms with E-state index in [0.29, 0.717) is 32.6 Å². The molecule has 3 aromatic rings. The van der Waals surface area contributed by atoms with Gasteiger partial charge in [0.15, 0.2) is 0 Å². The normalized spacial score (nSPS) is 10.6. The Morgan fingerprint density at radius 2 is 1.86 bits per heavy atom. The number of halogens is 3. The van der Waals surface area contributed by atoms with Crippen molar-refractivity contribution in [3.63, 3.8) is 0 Å². The quantitative estimate of drug-likeness (QED) is 0.550. The molecule has 28 heavy (non-hydrogen) atoms. The van der Waals surface area contributed by atoms with E-state index in [1.165, 1.54) is 25.4 Å². The Hall–Kier alpha value is -3.00. The van der Waals surface area contributed by atoms with E-state index in [2.05, 4.69) is 31.0 Å². The molecule has 1 N–H and O–H groups in total. The van der Waals surface area contributed by atoms with Gasteiger partial charge in [0.1, 0.15) is 11.5 Å². The molecule has 1 aromatic heterocycles. The van der Waals surface area contributed by atoms with Gasteiger partial charge in [-0.2, -0.15) is 8.78 Å². The first-order chi connectivity index (χ1) is 13.5. The Balaban J connectivity index is 1.93. The fraction of sp³-hybridized carbons (Fsp3) is 0.100. The summed E-state index contributed by atoms with van der Waals surface area (Å²) in [5.74, 6) is 0.256. The predicted octanol–water partition coefficient (Wildman–Crippen LogP) is 5.37. The summed E-state index contributed by atoms with van der Waals surface area (Å²) in [4.78, 5) is 16.4. The lowest BCUT2D eigenvalue weighted by Gasteiger charge is -2.14. The summed E-state index contributed by atoms with van der Waals surface area (Å²) < 4.78 is 36.0. The largest absolute Gasteiger partial charge is 0.497 e. The zero-order valence-electron chi connectivity index (χ0n) is 14.7. The van der Waals surface area contributed by atoms with Crippen molar-refractivity contribution in [1.29, 1.82) is 0 Å². The van der Waals surface area contributed by atoms with Crippen molar-refractivity contribution in [2.75, 3.05) is 12.4 Å². The van der Waals surface area contributed by atoms with Gasteiger partial charge in [-0.15, -0.1) is 0 Å². The van der Waals surface area contributed by atoms with Gasteiger partial charge in [-0.1, -0.05) is 12.1 Å². The van der Waals surface area contributed by atoms with Crippen LogP contribution in [0.25, 0.3) is 11.1 Å². The van der Waals surface area contributed by atoms with Gasteiger partial charge in [0, 0.05) is 28.1 Å². The predicted molar refractivity (Wildman–Crippen MR) is 105 cm³/mol. The number of anilines is 1. The number of hydrogen-bond acceptors (Lipinski definition) is 4. The minimum Gasteiger partial charge on any atom is -0.497 e. The molecule has 2 aromatic carbocycles. The highest BCUT2D eigenvalue weighted by atomic mass is 79.9. The van der Waals surface area contributed by atoms with Crippen molar-refractivity contribution in [2.45, 2.75) is 6.61 Å². The lowest BCUT2D eigenvalue weighted by molar-refractivity contribution is -0.0494. The number of hydrogen-bond donors (Lipinski definition) is 1. The number of amides is 1.